The van der Waals surface area contributed by atoms with Crippen LogP contribution < -0.4 is 14.4 Å². The highest BCUT2D eigenvalue weighted by Crippen LogP contribution is 2.31. The fraction of sp³-hybridized carbons (Fsp3) is 0.375. The molecule has 3 heterocycles. The largest absolute Gasteiger partial charge is 0.494 e. The Morgan fingerprint density at radius 3 is 2.14 bits per heavy atom. The summed E-state index contributed by atoms with van der Waals surface area (Å²) in [6.07, 6.45) is 34.9. The summed E-state index contributed by atoms with van der Waals surface area (Å²) in [5.74, 6) is 0.904. The van der Waals surface area contributed by atoms with Gasteiger partial charge in [0, 0.05) is 65.9 Å². The average Bonchev–Trinajstić information content (AvgIpc) is 3.71. The summed E-state index contributed by atoms with van der Waals surface area (Å²) >= 11 is 1.81. The Kier molecular flexibility index (Phi) is 19.1. The summed E-state index contributed by atoms with van der Waals surface area (Å²) in [4.78, 5) is 21.9. The Labute approximate surface area is 338 Å². The number of fused-ring (bicyclic) bond motifs is 2. The second-order valence-corrected chi connectivity index (χ2v) is 14.7. The van der Waals surface area contributed by atoms with Gasteiger partial charge in [0.25, 0.3) is 0 Å². The highest BCUT2D eigenvalue weighted by atomic mass is 32.1. The molecule has 8 heteroatoms. The average molecular weight is 774 g/mol. The first-order chi connectivity index (χ1) is 27.7. The topological polar surface area (TPSA) is 64.1 Å². The van der Waals surface area contributed by atoms with Gasteiger partial charge in [0.05, 0.1) is 12.1 Å². The summed E-state index contributed by atoms with van der Waals surface area (Å²) in [5, 5.41) is 4.55. The number of hydrogen-bond donors (Lipinski definition) is 0. The molecule has 1 aliphatic rings. The van der Waals surface area contributed by atoms with E-state index in [9.17, 15) is 4.79 Å². The lowest BCUT2D eigenvalue weighted by Gasteiger charge is -2.36. The number of unbranched alkanes of at least 4 members (excludes halogenated alkanes) is 1. The van der Waals surface area contributed by atoms with Gasteiger partial charge in [-0.1, -0.05) is 85.9 Å². The van der Waals surface area contributed by atoms with E-state index in [0.29, 0.717) is 25.3 Å². The number of aromatic nitrogens is 1. The van der Waals surface area contributed by atoms with Crippen LogP contribution in [0.15, 0.2) is 133 Å². The maximum absolute atomic E-state index is 12.2. The van der Waals surface area contributed by atoms with Crippen molar-refractivity contribution >= 4 is 44.0 Å². The molecule has 56 heavy (non-hydrogen) atoms. The molecule has 0 unspecified atom stereocenters. The van der Waals surface area contributed by atoms with Gasteiger partial charge in [-0.2, -0.15) is 0 Å². The van der Waals surface area contributed by atoms with Crippen molar-refractivity contribution < 1.29 is 19.0 Å². The minimum atomic E-state index is -0.296. The number of pyridine rings is 1. The molecule has 296 valence electrons. The fourth-order valence-electron chi connectivity index (χ4n) is 6.41. The molecule has 0 spiro atoms. The molecule has 1 saturated heterocycles. The van der Waals surface area contributed by atoms with Crippen molar-refractivity contribution in [3.05, 3.63) is 133 Å². The number of anilines is 1. The van der Waals surface area contributed by atoms with E-state index in [4.69, 9.17) is 14.2 Å². The number of benzene rings is 2. The van der Waals surface area contributed by atoms with Gasteiger partial charge in [-0.15, -0.1) is 11.3 Å². The second kappa shape index (κ2) is 25.3. The van der Waals surface area contributed by atoms with Crippen LogP contribution in [0.2, 0.25) is 0 Å². The van der Waals surface area contributed by atoms with Crippen molar-refractivity contribution in [1.29, 1.82) is 0 Å². The molecule has 0 radical (unpaired) electrons. The summed E-state index contributed by atoms with van der Waals surface area (Å²) in [7, 11) is 0. The highest BCUT2D eigenvalue weighted by molar-refractivity contribution is 7.17. The standard InChI is InChI=1S/C48H59N3O4S/c1-2-3-4-5-6-7-8-9-10-11-12-13-14-15-16-17-18-19-20-26-48(52)55-40-54-47-30-28-41-27-29-42(39-44(41)49-47)53-37-22-21-32-50-33-35-51(36-34-50)45-24-23-25-46-43(45)31-38-56-46/h3-4,6-7,9-10,12-13,15-16,18-19,23-25,27-31,38-39H,2,5,8,11,14,17,20-22,26,32-37,40H2,1H3. The van der Waals surface area contributed by atoms with Crippen molar-refractivity contribution in [3.63, 3.8) is 0 Å². The normalized spacial score (nSPS) is 14.3. The lowest BCUT2D eigenvalue weighted by Crippen LogP contribution is -2.46. The number of rotatable bonds is 24. The maximum atomic E-state index is 12.2. The van der Waals surface area contributed by atoms with E-state index in [2.05, 4.69) is 118 Å². The van der Waals surface area contributed by atoms with E-state index in [1.807, 2.05) is 41.7 Å². The Balaban J connectivity index is 0.879. The molecule has 4 aromatic rings. The molecule has 1 fully saturated rings. The van der Waals surface area contributed by atoms with Gasteiger partial charge in [0.1, 0.15) is 5.75 Å². The number of ether oxygens (including phenoxy) is 3. The molecule has 0 bridgehead atoms. The van der Waals surface area contributed by atoms with E-state index in [1.54, 1.807) is 6.07 Å². The number of nitrogens with zero attached hydrogens (tertiary/aromatic N) is 3. The monoisotopic (exact) mass is 773 g/mol. The quantitative estimate of drug-likeness (QED) is 0.0304. The predicted molar refractivity (Wildman–Crippen MR) is 236 cm³/mol. The minimum Gasteiger partial charge on any atom is -0.494 e. The first-order valence-electron chi connectivity index (χ1n) is 20.3. The van der Waals surface area contributed by atoms with Crippen LogP contribution in [0.25, 0.3) is 21.0 Å². The number of esters is 1. The van der Waals surface area contributed by atoms with Crippen molar-refractivity contribution in [3.8, 4) is 11.6 Å². The molecule has 5 rings (SSSR count). The Morgan fingerprint density at radius 2 is 1.43 bits per heavy atom. The molecule has 0 N–H and O–H groups in total. The fourth-order valence-corrected chi connectivity index (χ4v) is 7.22. The molecular formula is C48H59N3O4S. The first-order valence-corrected chi connectivity index (χ1v) is 21.2. The Bertz CT molecular complexity index is 1930. The number of carbonyl (C=O) groups excluding carboxylic acids is 1. The van der Waals surface area contributed by atoms with Crippen LogP contribution in [0.3, 0.4) is 0 Å². The molecule has 7 nitrogen and oxygen atoms in total. The smallest absolute Gasteiger partial charge is 0.308 e. The first kappa shape index (κ1) is 42.2. The zero-order valence-electron chi connectivity index (χ0n) is 33.1. The van der Waals surface area contributed by atoms with Crippen LogP contribution in [0, 0.1) is 0 Å². The van der Waals surface area contributed by atoms with Crippen LogP contribution in [-0.2, 0) is 9.53 Å². The number of allylic oxidation sites excluding steroid dienone is 12. The van der Waals surface area contributed by atoms with Crippen molar-refractivity contribution in [1.82, 2.24) is 9.88 Å². The zero-order chi connectivity index (χ0) is 38.9. The summed E-state index contributed by atoms with van der Waals surface area (Å²) in [6, 6.07) is 18.6. The number of carbonyl (C=O) groups is 1. The van der Waals surface area contributed by atoms with Crippen LogP contribution in [-0.4, -0.2) is 62.0 Å². The molecule has 2 aromatic carbocycles. The van der Waals surface area contributed by atoms with E-state index < -0.39 is 0 Å². The Hall–Kier alpha value is -4.92. The van der Waals surface area contributed by atoms with E-state index in [-0.39, 0.29) is 12.8 Å². The van der Waals surface area contributed by atoms with Gasteiger partial charge in [0.2, 0.25) is 12.7 Å². The van der Waals surface area contributed by atoms with E-state index in [0.717, 1.165) is 101 Å². The summed E-state index contributed by atoms with van der Waals surface area (Å²) < 4.78 is 18.4. The predicted octanol–water partition coefficient (Wildman–Crippen LogP) is 11.8. The van der Waals surface area contributed by atoms with Gasteiger partial charge >= 0.3 is 5.97 Å². The Morgan fingerprint density at radius 1 is 0.750 bits per heavy atom. The number of thiophene rings is 1. The van der Waals surface area contributed by atoms with Gasteiger partial charge in [-0.3, -0.25) is 9.69 Å². The van der Waals surface area contributed by atoms with Crippen molar-refractivity contribution in [2.24, 2.45) is 0 Å². The number of hydrogen-bond acceptors (Lipinski definition) is 8. The number of piperazine rings is 1. The van der Waals surface area contributed by atoms with Gasteiger partial charge in [-0.25, -0.2) is 4.98 Å². The lowest BCUT2D eigenvalue weighted by atomic mass is 10.2. The van der Waals surface area contributed by atoms with Crippen molar-refractivity contribution in [2.45, 2.75) is 71.1 Å². The van der Waals surface area contributed by atoms with Gasteiger partial charge in [-0.05, 0) is 106 Å². The summed E-state index contributed by atoms with van der Waals surface area (Å²) in [6.45, 7) is 8.04. The molecule has 1 aliphatic heterocycles. The second-order valence-electron chi connectivity index (χ2n) is 13.7. The van der Waals surface area contributed by atoms with Crippen LogP contribution in [0.5, 0.6) is 11.6 Å². The molecular weight excluding hydrogens is 715 g/mol. The highest BCUT2D eigenvalue weighted by Gasteiger charge is 2.18. The third-order valence-corrected chi connectivity index (χ3v) is 10.4. The third-order valence-electron chi connectivity index (χ3n) is 9.50. The maximum Gasteiger partial charge on any atom is 0.308 e. The molecule has 0 atom stereocenters. The molecule has 0 aliphatic carbocycles. The third kappa shape index (κ3) is 15.3. The molecule has 2 aromatic heterocycles. The molecule has 0 saturated carbocycles. The molecule has 0 amide bonds. The zero-order valence-corrected chi connectivity index (χ0v) is 33.9. The van der Waals surface area contributed by atoms with Gasteiger partial charge < -0.3 is 19.1 Å². The summed E-state index contributed by atoms with van der Waals surface area (Å²) in [5.41, 5.74) is 2.15. The van der Waals surface area contributed by atoms with Gasteiger partial charge in [0.15, 0.2) is 0 Å². The SMILES string of the molecule is CCC=CCC=CCC=CCC=CCC=CCC=CCCC(=O)OCOc1ccc2ccc(OCCCCN3CCN(c4cccc5sccc45)CC3)cc2n1. The van der Waals surface area contributed by atoms with Crippen LogP contribution >= 0.6 is 11.3 Å². The van der Waals surface area contributed by atoms with E-state index in [1.165, 1.54) is 15.8 Å². The lowest BCUT2D eigenvalue weighted by molar-refractivity contribution is -0.150. The van der Waals surface area contributed by atoms with Crippen molar-refractivity contribution in [2.75, 3.05) is 51.0 Å². The van der Waals surface area contributed by atoms with E-state index >= 15 is 0 Å². The minimum absolute atomic E-state index is 0.170. The van der Waals surface area contributed by atoms with Crippen LogP contribution in [0.4, 0.5) is 5.69 Å². The van der Waals surface area contributed by atoms with Crippen LogP contribution in [0.1, 0.15) is 71.1 Å².